The third kappa shape index (κ3) is 3.63. The molecule has 0 fully saturated rings. The third-order valence-corrected chi connectivity index (χ3v) is 3.01. The molecule has 0 saturated carbocycles. The molecule has 1 heterocycles. The number of hydrogen-bond acceptors (Lipinski definition) is 3. The van der Waals surface area contributed by atoms with Gasteiger partial charge in [-0.05, 0) is 30.7 Å². The Morgan fingerprint density at radius 3 is 2.80 bits per heavy atom. The van der Waals surface area contributed by atoms with E-state index in [4.69, 9.17) is 4.42 Å². The standard InChI is InChI=1S/C13H15F3N2O2/c1-2-17-9(5-6-13(14,15)16)8-3-4-10-11(7-8)20-12(19)18-10/h3-4,7,9,17H,2,5-6H2,1H3,(H,18,19). The largest absolute Gasteiger partial charge is 0.417 e. The highest BCUT2D eigenvalue weighted by atomic mass is 19.4. The third-order valence-electron chi connectivity index (χ3n) is 3.01. The molecule has 2 aromatic rings. The number of fused-ring (bicyclic) bond motifs is 1. The number of H-pyrrole nitrogens is 1. The van der Waals surface area contributed by atoms with Crippen molar-refractivity contribution >= 4 is 11.1 Å². The molecule has 0 aliphatic heterocycles. The lowest BCUT2D eigenvalue weighted by atomic mass is 10.0. The fourth-order valence-electron chi connectivity index (χ4n) is 2.12. The average Bonchev–Trinajstić information content (AvgIpc) is 2.72. The van der Waals surface area contributed by atoms with E-state index in [1.165, 1.54) is 0 Å². The molecule has 1 unspecified atom stereocenters. The molecule has 1 aromatic heterocycles. The minimum Gasteiger partial charge on any atom is -0.408 e. The van der Waals surface area contributed by atoms with Crippen molar-refractivity contribution in [3.05, 3.63) is 34.3 Å². The maximum atomic E-state index is 12.3. The van der Waals surface area contributed by atoms with Gasteiger partial charge in [-0.3, -0.25) is 4.98 Å². The van der Waals surface area contributed by atoms with Gasteiger partial charge < -0.3 is 9.73 Å². The molecule has 0 radical (unpaired) electrons. The lowest BCUT2D eigenvalue weighted by Gasteiger charge is -2.19. The maximum Gasteiger partial charge on any atom is 0.417 e. The van der Waals surface area contributed by atoms with Crippen LogP contribution in [0.4, 0.5) is 13.2 Å². The SMILES string of the molecule is CCNC(CCC(F)(F)F)c1ccc2[nH]c(=O)oc2c1. The van der Waals surface area contributed by atoms with Crippen LogP contribution in [0.3, 0.4) is 0 Å². The molecule has 7 heteroatoms. The fourth-order valence-corrected chi connectivity index (χ4v) is 2.12. The first-order chi connectivity index (χ1) is 9.39. The van der Waals surface area contributed by atoms with Gasteiger partial charge in [0.15, 0.2) is 5.58 Å². The number of benzene rings is 1. The van der Waals surface area contributed by atoms with E-state index in [1.54, 1.807) is 18.2 Å². The molecule has 1 aromatic carbocycles. The molecule has 0 bridgehead atoms. The first-order valence-electron chi connectivity index (χ1n) is 6.32. The lowest BCUT2D eigenvalue weighted by Crippen LogP contribution is -2.23. The zero-order valence-electron chi connectivity index (χ0n) is 10.9. The number of halogens is 3. The van der Waals surface area contributed by atoms with Gasteiger partial charge in [0.05, 0.1) is 5.52 Å². The van der Waals surface area contributed by atoms with E-state index in [9.17, 15) is 18.0 Å². The molecule has 4 nitrogen and oxygen atoms in total. The first-order valence-corrected chi connectivity index (χ1v) is 6.32. The van der Waals surface area contributed by atoms with E-state index < -0.39 is 24.4 Å². The lowest BCUT2D eigenvalue weighted by molar-refractivity contribution is -0.136. The van der Waals surface area contributed by atoms with Crippen molar-refractivity contribution in [1.29, 1.82) is 0 Å². The topological polar surface area (TPSA) is 58.0 Å². The average molecular weight is 288 g/mol. The number of alkyl halides is 3. The second-order valence-electron chi connectivity index (χ2n) is 4.53. The van der Waals surface area contributed by atoms with Crippen molar-refractivity contribution in [3.63, 3.8) is 0 Å². The molecule has 20 heavy (non-hydrogen) atoms. The smallest absolute Gasteiger partial charge is 0.408 e. The summed E-state index contributed by atoms with van der Waals surface area (Å²) >= 11 is 0. The van der Waals surface area contributed by atoms with E-state index >= 15 is 0 Å². The summed E-state index contributed by atoms with van der Waals surface area (Å²) in [5.74, 6) is -0.576. The highest BCUT2D eigenvalue weighted by molar-refractivity contribution is 5.72. The minimum atomic E-state index is -4.18. The van der Waals surface area contributed by atoms with Crippen LogP contribution in [0.1, 0.15) is 31.4 Å². The zero-order chi connectivity index (χ0) is 14.8. The van der Waals surface area contributed by atoms with Crippen molar-refractivity contribution in [2.45, 2.75) is 32.0 Å². The van der Waals surface area contributed by atoms with E-state index in [0.29, 0.717) is 23.2 Å². The molecule has 0 aliphatic carbocycles. The van der Waals surface area contributed by atoms with Gasteiger partial charge in [-0.1, -0.05) is 13.0 Å². The van der Waals surface area contributed by atoms with Crippen LogP contribution in [0, 0.1) is 0 Å². The summed E-state index contributed by atoms with van der Waals surface area (Å²) < 4.78 is 41.9. The van der Waals surface area contributed by atoms with Gasteiger partial charge in [-0.15, -0.1) is 0 Å². The van der Waals surface area contributed by atoms with Gasteiger partial charge in [0.1, 0.15) is 0 Å². The van der Waals surface area contributed by atoms with Crippen molar-refractivity contribution in [1.82, 2.24) is 10.3 Å². The number of hydrogen-bond donors (Lipinski definition) is 2. The van der Waals surface area contributed by atoms with E-state index in [0.717, 1.165) is 0 Å². The minimum absolute atomic E-state index is 0.0580. The summed E-state index contributed by atoms with van der Waals surface area (Å²) in [5, 5.41) is 3.01. The summed E-state index contributed by atoms with van der Waals surface area (Å²) in [7, 11) is 0. The molecule has 0 aliphatic rings. The van der Waals surface area contributed by atoms with Gasteiger partial charge in [0, 0.05) is 12.5 Å². The van der Waals surface area contributed by atoms with E-state index in [-0.39, 0.29) is 6.42 Å². The summed E-state index contributed by atoms with van der Waals surface area (Å²) in [5.41, 5.74) is 1.55. The van der Waals surface area contributed by atoms with Crippen molar-refractivity contribution in [2.24, 2.45) is 0 Å². The summed E-state index contributed by atoms with van der Waals surface area (Å²) in [6, 6.07) is 4.49. The molecule has 2 N–H and O–H groups in total. The second-order valence-corrected chi connectivity index (χ2v) is 4.53. The van der Waals surface area contributed by atoms with Gasteiger partial charge in [-0.25, -0.2) is 4.79 Å². The predicted molar refractivity (Wildman–Crippen MR) is 68.5 cm³/mol. The van der Waals surface area contributed by atoms with Crippen molar-refractivity contribution in [2.75, 3.05) is 6.54 Å². The molecule has 0 saturated heterocycles. The van der Waals surface area contributed by atoms with Crippen molar-refractivity contribution in [3.8, 4) is 0 Å². The number of nitrogens with one attached hydrogen (secondary N) is 2. The number of rotatable bonds is 5. The van der Waals surface area contributed by atoms with Gasteiger partial charge in [0.2, 0.25) is 0 Å². The molecular weight excluding hydrogens is 273 g/mol. The fraction of sp³-hybridized carbons (Fsp3) is 0.462. The Morgan fingerprint density at radius 1 is 1.40 bits per heavy atom. The number of aromatic amines is 1. The molecule has 1 atom stereocenters. The summed E-state index contributed by atoms with van der Waals surface area (Å²) in [6.45, 7) is 2.38. The quantitative estimate of drug-likeness (QED) is 0.888. The molecule has 2 rings (SSSR count). The first kappa shape index (κ1) is 14.6. The van der Waals surface area contributed by atoms with Crippen LogP contribution in [-0.2, 0) is 0 Å². The summed E-state index contributed by atoms with van der Waals surface area (Å²) in [4.78, 5) is 13.6. The zero-order valence-corrected chi connectivity index (χ0v) is 10.9. The Bertz CT molecular complexity index is 630. The second kappa shape index (κ2) is 5.70. The Kier molecular flexibility index (Phi) is 4.17. The molecule has 110 valence electrons. The number of aromatic nitrogens is 1. The van der Waals surface area contributed by atoms with Crippen LogP contribution in [0.25, 0.3) is 11.1 Å². The van der Waals surface area contributed by atoms with Crippen LogP contribution >= 0.6 is 0 Å². The van der Waals surface area contributed by atoms with Crippen LogP contribution in [0.2, 0.25) is 0 Å². The number of oxazole rings is 1. The molecular formula is C13H15F3N2O2. The van der Waals surface area contributed by atoms with Gasteiger partial charge in [-0.2, -0.15) is 13.2 Å². The van der Waals surface area contributed by atoms with Crippen LogP contribution in [0.15, 0.2) is 27.4 Å². The van der Waals surface area contributed by atoms with Crippen LogP contribution in [-0.4, -0.2) is 17.7 Å². The summed E-state index contributed by atoms with van der Waals surface area (Å²) in [6.07, 6.45) is -5.10. The highest BCUT2D eigenvalue weighted by Crippen LogP contribution is 2.28. The van der Waals surface area contributed by atoms with Gasteiger partial charge >= 0.3 is 11.9 Å². The van der Waals surface area contributed by atoms with Gasteiger partial charge in [0.25, 0.3) is 0 Å². The Morgan fingerprint density at radius 2 is 2.15 bits per heavy atom. The normalized spacial score (nSPS) is 13.8. The maximum absolute atomic E-state index is 12.3. The molecule has 0 spiro atoms. The highest BCUT2D eigenvalue weighted by Gasteiger charge is 2.28. The Hall–Kier alpha value is -1.76. The monoisotopic (exact) mass is 288 g/mol. The molecule has 0 amide bonds. The predicted octanol–water partition coefficient (Wildman–Crippen LogP) is 3.11. The van der Waals surface area contributed by atoms with Crippen molar-refractivity contribution < 1.29 is 17.6 Å². The Balaban J connectivity index is 2.23. The van der Waals surface area contributed by atoms with Crippen LogP contribution < -0.4 is 11.1 Å². The Labute approximate surface area is 113 Å². The van der Waals surface area contributed by atoms with E-state index in [1.807, 2.05) is 6.92 Å². The van der Waals surface area contributed by atoms with E-state index in [2.05, 4.69) is 10.3 Å². The van der Waals surface area contributed by atoms with Crippen LogP contribution in [0.5, 0.6) is 0 Å².